The van der Waals surface area contributed by atoms with E-state index in [1.54, 1.807) is 24.5 Å². The number of benzene rings is 1. The summed E-state index contributed by atoms with van der Waals surface area (Å²) in [5.74, 6) is 0.0828. The normalized spacial score (nSPS) is 13.6. The van der Waals surface area contributed by atoms with Gasteiger partial charge in [-0.05, 0) is 31.0 Å². The minimum absolute atomic E-state index is 0.156. The van der Waals surface area contributed by atoms with Gasteiger partial charge in [0.2, 0.25) is 5.91 Å². The van der Waals surface area contributed by atoms with E-state index in [4.69, 9.17) is 16.9 Å². The molecule has 0 saturated heterocycles. The molecule has 2 aromatic rings. The first-order chi connectivity index (χ1) is 10.7. The molecule has 1 N–H and O–H groups in total. The first kappa shape index (κ1) is 14.9. The van der Waals surface area contributed by atoms with Crippen LogP contribution in [0.15, 0.2) is 29.7 Å². The number of aromatic nitrogens is 3. The Kier molecular flexibility index (Phi) is 4.32. The number of nitriles is 1. The minimum Gasteiger partial charge on any atom is -0.325 e. The summed E-state index contributed by atoms with van der Waals surface area (Å²) in [7, 11) is 0. The van der Waals surface area contributed by atoms with Gasteiger partial charge >= 0.3 is 0 Å². The first-order valence-electron chi connectivity index (χ1n) is 6.69. The van der Waals surface area contributed by atoms with Gasteiger partial charge in [0.15, 0.2) is 5.16 Å². The SMILES string of the molecule is N#Cc1ccc(NC(=O)CSc2nncn2C2CC2)cc1Cl. The van der Waals surface area contributed by atoms with Crippen molar-refractivity contribution in [2.45, 2.75) is 24.0 Å². The van der Waals surface area contributed by atoms with E-state index >= 15 is 0 Å². The molecule has 1 aliphatic rings. The molecule has 1 amide bonds. The Hall–Kier alpha value is -2.04. The Bertz CT molecular complexity index is 750. The van der Waals surface area contributed by atoms with E-state index in [1.807, 2.05) is 10.6 Å². The zero-order chi connectivity index (χ0) is 15.5. The topological polar surface area (TPSA) is 83.6 Å². The van der Waals surface area contributed by atoms with Crippen LogP contribution in [0.1, 0.15) is 24.4 Å². The average Bonchev–Trinajstić information content (AvgIpc) is 3.24. The van der Waals surface area contributed by atoms with E-state index in [9.17, 15) is 4.79 Å². The van der Waals surface area contributed by atoms with Gasteiger partial charge in [-0.1, -0.05) is 23.4 Å². The number of nitrogens with zero attached hydrogens (tertiary/aromatic N) is 4. The van der Waals surface area contributed by atoms with Crippen LogP contribution in [-0.2, 0) is 4.79 Å². The van der Waals surface area contributed by atoms with Crippen molar-refractivity contribution in [3.63, 3.8) is 0 Å². The molecule has 3 rings (SSSR count). The van der Waals surface area contributed by atoms with Crippen LogP contribution >= 0.6 is 23.4 Å². The highest BCUT2D eigenvalue weighted by Gasteiger charge is 2.26. The zero-order valence-corrected chi connectivity index (χ0v) is 13.1. The molecule has 6 nitrogen and oxygen atoms in total. The molecule has 1 saturated carbocycles. The Morgan fingerprint density at radius 2 is 2.36 bits per heavy atom. The summed E-state index contributed by atoms with van der Waals surface area (Å²) in [5.41, 5.74) is 0.949. The molecule has 0 unspecified atom stereocenters. The summed E-state index contributed by atoms with van der Waals surface area (Å²) >= 11 is 7.29. The van der Waals surface area contributed by atoms with E-state index in [-0.39, 0.29) is 11.7 Å². The Morgan fingerprint density at radius 1 is 1.55 bits per heavy atom. The number of nitrogens with one attached hydrogen (secondary N) is 1. The number of thioether (sulfide) groups is 1. The molecular weight excluding hydrogens is 322 g/mol. The zero-order valence-electron chi connectivity index (χ0n) is 11.5. The Balaban J connectivity index is 1.57. The first-order valence-corrected chi connectivity index (χ1v) is 8.05. The molecule has 1 fully saturated rings. The monoisotopic (exact) mass is 333 g/mol. The molecule has 0 bridgehead atoms. The summed E-state index contributed by atoms with van der Waals surface area (Å²) in [5, 5.41) is 20.6. The molecule has 1 heterocycles. The number of hydrogen-bond donors (Lipinski definition) is 1. The third-order valence-corrected chi connectivity index (χ3v) is 4.46. The van der Waals surface area contributed by atoms with E-state index in [0.717, 1.165) is 18.0 Å². The quantitative estimate of drug-likeness (QED) is 0.850. The fourth-order valence-electron chi connectivity index (χ4n) is 1.95. The van der Waals surface area contributed by atoms with Gasteiger partial charge < -0.3 is 9.88 Å². The highest BCUT2D eigenvalue weighted by molar-refractivity contribution is 7.99. The van der Waals surface area contributed by atoms with Crippen LogP contribution in [0.4, 0.5) is 5.69 Å². The van der Waals surface area contributed by atoms with Crippen molar-refractivity contribution in [2.75, 3.05) is 11.1 Å². The van der Waals surface area contributed by atoms with Crippen LogP contribution in [0.2, 0.25) is 5.02 Å². The molecule has 22 heavy (non-hydrogen) atoms. The summed E-state index contributed by atoms with van der Waals surface area (Å²) < 4.78 is 2.01. The maximum Gasteiger partial charge on any atom is 0.234 e. The third kappa shape index (κ3) is 3.40. The van der Waals surface area contributed by atoms with Crippen LogP contribution < -0.4 is 5.32 Å². The molecule has 0 spiro atoms. The van der Waals surface area contributed by atoms with Crippen molar-refractivity contribution in [2.24, 2.45) is 0 Å². The summed E-state index contributed by atoms with van der Waals surface area (Å²) in [6, 6.07) is 7.26. The smallest absolute Gasteiger partial charge is 0.234 e. The molecule has 8 heteroatoms. The molecule has 1 aromatic carbocycles. The largest absolute Gasteiger partial charge is 0.325 e. The van der Waals surface area contributed by atoms with E-state index in [0.29, 0.717) is 22.3 Å². The number of carbonyl (C=O) groups is 1. The fourth-order valence-corrected chi connectivity index (χ4v) is 2.95. The van der Waals surface area contributed by atoms with Crippen molar-refractivity contribution in [3.05, 3.63) is 35.1 Å². The maximum absolute atomic E-state index is 12.0. The van der Waals surface area contributed by atoms with Gasteiger partial charge in [0, 0.05) is 11.7 Å². The van der Waals surface area contributed by atoms with Crippen LogP contribution in [0.25, 0.3) is 0 Å². The van der Waals surface area contributed by atoms with Crippen LogP contribution in [0, 0.1) is 11.3 Å². The van der Waals surface area contributed by atoms with Crippen molar-refractivity contribution in [3.8, 4) is 6.07 Å². The second kappa shape index (κ2) is 6.38. The van der Waals surface area contributed by atoms with Gasteiger partial charge in [-0.2, -0.15) is 5.26 Å². The number of amides is 1. The Morgan fingerprint density at radius 3 is 3.05 bits per heavy atom. The predicted molar refractivity (Wildman–Crippen MR) is 83.8 cm³/mol. The summed E-state index contributed by atoms with van der Waals surface area (Å²) in [6.45, 7) is 0. The van der Waals surface area contributed by atoms with Gasteiger partial charge in [-0.25, -0.2) is 0 Å². The number of rotatable bonds is 5. The van der Waals surface area contributed by atoms with Crippen LogP contribution in [-0.4, -0.2) is 26.4 Å². The molecule has 1 aliphatic carbocycles. The fraction of sp³-hybridized carbons (Fsp3) is 0.286. The maximum atomic E-state index is 12.0. The average molecular weight is 334 g/mol. The molecule has 0 radical (unpaired) electrons. The predicted octanol–water partition coefficient (Wildman–Crippen LogP) is 2.87. The lowest BCUT2D eigenvalue weighted by Gasteiger charge is -2.06. The summed E-state index contributed by atoms with van der Waals surface area (Å²) in [4.78, 5) is 12.0. The number of anilines is 1. The molecule has 0 aliphatic heterocycles. The molecule has 1 aromatic heterocycles. The van der Waals surface area contributed by atoms with Gasteiger partial charge in [0.05, 0.1) is 16.3 Å². The second-order valence-corrected chi connectivity index (χ2v) is 6.24. The number of carbonyl (C=O) groups excluding carboxylic acids is 1. The lowest BCUT2D eigenvalue weighted by Crippen LogP contribution is -2.14. The second-order valence-electron chi connectivity index (χ2n) is 4.90. The van der Waals surface area contributed by atoms with Gasteiger partial charge in [-0.15, -0.1) is 10.2 Å². The van der Waals surface area contributed by atoms with Crippen LogP contribution in [0.3, 0.4) is 0 Å². The van der Waals surface area contributed by atoms with Gasteiger partial charge in [0.1, 0.15) is 12.4 Å². The molecule has 112 valence electrons. The van der Waals surface area contributed by atoms with E-state index in [1.165, 1.54) is 11.8 Å². The highest BCUT2D eigenvalue weighted by atomic mass is 35.5. The van der Waals surface area contributed by atoms with E-state index in [2.05, 4.69) is 15.5 Å². The Labute approximate surface area is 136 Å². The molecule has 0 atom stereocenters. The van der Waals surface area contributed by atoms with Crippen molar-refractivity contribution in [1.82, 2.24) is 14.8 Å². The third-order valence-electron chi connectivity index (χ3n) is 3.19. The summed E-state index contributed by atoms with van der Waals surface area (Å²) in [6.07, 6.45) is 3.99. The lowest BCUT2D eigenvalue weighted by molar-refractivity contribution is -0.113. The van der Waals surface area contributed by atoms with Crippen LogP contribution in [0.5, 0.6) is 0 Å². The van der Waals surface area contributed by atoms with Gasteiger partial charge in [-0.3, -0.25) is 4.79 Å². The van der Waals surface area contributed by atoms with E-state index < -0.39 is 0 Å². The standard InChI is InChI=1S/C14H12ClN5OS/c15-12-5-10(2-1-9(12)6-16)18-13(21)7-22-14-19-17-8-20(14)11-3-4-11/h1-2,5,8,11H,3-4,7H2,(H,18,21). The molecular formula is C14H12ClN5OS. The van der Waals surface area contributed by atoms with Gasteiger partial charge in [0.25, 0.3) is 0 Å². The highest BCUT2D eigenvalue weighted by Crippen LogP contribution is 2.37. The number of hydrogen-bond acceptors (Lipinski definition) is 5. The minimum atomic E-state index is -0.156. The lowest BCUT2D eigenvalue weighted by atomic mass is 10.2. The van der Waals surface area contributed by atoms with Crippen molar-refractivity contribution >= 4 is 35.0 Å². The van der Waals surface area contributed by atoms with Crippen molar-refractivity contribution in [1.29, 1.82) is 5.26 Å². The van der Waals surface area contributed by atoms with Crippen molar-refractivity contribution < 1.29 is 4.79 Å². The number of halogens is 1.